The van der Waals surface area contributed by atoms with Crippen molar-refractivity contribution in [2.24, 2.45) is 0 Å². The van der Waals surface area contributed by atoms with Crippen molar-refractivity contribution in [1.29, 1.82) is 0 Å². The van der Waals surface area contributed by atoms with Crippen LogP contribution in [-0.4, -0.2) is 0 Å². The zero-order chi connectivity index (χ0) is 39.1. The lowest BCUT2D eigenvalue weighted by Crippen LogP contribution is -2.44. The summed E-state index contributed by atoms with van der Waals surface area (Å²) >= 11 is 0. The minimum atomic E-state index is -0.104. The van der Waals surface area contributed by atoms with Gasteiger partial charge >= 0.3 is 0 Å². The van der Waals surface area contributed by atoms with Gasteiger partial charge in [0.15, 0.2) is 0 Å². The first-order valence-electron chi connectivity index (χ1n) is 20.4. The highest BCUT2D eigenvalue weighted by atomic mass is 15.1. The fourth-order valence-electron chi connectivity index (χ4n) is 10.6. The molecule has 278 valence electrons. The summed E-state index contributed by atoms with van der Waals surface area (Å²) in [5.74, 6) is 0. The Morgan fingerprint density at radius 1 is 0.291 bits per heavy atom. The summed E-state index contributed by atoms with van der Waals surface area (Å²) in [6, 6.07) is 49.1. The first kappa shape index (κ1) is 35.8. The Bertz CT molecular complexity index is 2430. The highest BCUT2D eigenvalue weighted by Crippen LogP contribution is 2.60. The molecule has 0 N–H and O–H groups in total. The molecule has 0 aromatic heterocycles. The van der Waals surface area contributed by atoms with Crippen molar-refractivity contribution in [3.8, 4) is 33.4 Å². The minimum Gasteiger partial charge on any atom is -0.310 e. The molecule has 0 unspecified atom stereocenters. The van der Waals surface area contributed by atoms with Crippen LogP contribution >= 0.6 is 0 Å². The van der Waals surface area contributed by atoms with Crippen LogP contribution in [0.4, 0.5) is 17.1 Å². The average molecular weight is 720 g/mol. The SMILES string of the molecule is CC1(C)c2ccccc2-c2cc(N(c3ccc4c(c3)-c3ccccc3C(C)(C)C4(C)C)c3cccc4c3-c3ccccc3C(C)(C)C4(C)C)ccc2C1(C)C. The maximum absolute atomic E-state index is 2.58. The zero-order valence-electron chi connectivity index (χ0n) is 35.1. The molecule has 0 atom stereocenters. The van der Waals surface area contributed by atoms with Gasteiger partial charge in [0.05, 0.1) is 5.69 Å². The number of fused-ring (bicyclic) bond motifs is 9. The fourth-order valence-corrected chi connectivity index (χ4v) is 10.6. The van der Waals surface area contributed by atoms with E-state index in [1.807, 2.05) is 0 Å². The van der Waals surface area contributed by atoms with E-state index in [1.54, 1.807) is 0 Å². The Kier molecular flexibility index (Phi) is 7.39. The summed E-state index contributed by atoms with van der Waals surface area (Å²) in [5.41, 5.74) is 19.7. The molecule has 0 saturated carbocycles. The van der Waals surface area contributed by atoms with E-state index in [1.165, 1.54) is 83.8 Å². The molecular formula is C54H57N. The molecule has 0 fully saturated rings. The standard InChI is InChI=1S/C54H57N/c1-49(2)41-23-16-13-20-36(41)39-32-34(28-30-44(39)52(49,7)8)55(35-29-31-45-40(33-35)37-21-14-17-24-42(37)50(3,4)53(45,9)10)47-27-19-26-46-48(47)38-22-15-18-25-43(38)51(5,6)54(46,11)12/h13-33H,1-12H3. The second-order valence-electron chi connectivity index (χ2n) is 19.9. The van der Waals surface area contributed by atoms with E-state index in [9.17, 15) is 0 Å². The smallest absolute Gasteiger partial charge is 0.0543 e. The van der Waals surface area contributed by atoms with Crippen molar-refractivity contribution >= 4 is 17.1 Å². The van der Waals surface area contributed by atoms with Gasteiger partial charge in [-0.2, -0.15) is 0 Å². The number of hydrogen-bond donors (Lipinski definition) is 0. The van der Waals surface area contributed by atoms with Gasteiger partial charge in [0.25, 0.3) is 0 Å². The van der Waals surface area contributed by atoms with Crippen LogP contribution in [0.1, 0.15) is 116 Å². The molecule has 0 radical (unpaired) electrons. The molecule has 0 heterocycles. The van der Waals surface area contributed by atoms with Crippen molar-refractivity contribution in [3.63, 3.8) is 0 Å². The van der Waals surface area contributed by atoms with Crippen LogP contribution in [0.25, 0.3) is 33.4 Å². The maximum Gasteiger partial charge on any atom is 0.0543 e. The quantitative estimate of drug-likeness (QED) is 0.176. The monoisotopic (exact) mass is 719 g/mol. The van der Waals surface area contributed by atoms with E-state index in [0.29, 0.717) is 0 Å². The average Bonchev–Trinajstić information content (AvgIpc) is 3.16. The summed E-state index contributed by atoms with van der Waals surface area (Å²) in [4.78, 5) is 2.58. The predicted molar refractivity (Wildman–Crippen MR) is 236 cm³/mol. The zero-order valence-corrected chi connectivity index (χ0v) is 35.1. The van der Waals surface area contributed by atoms with Gasteiger partial charge < -0.3 is 4.90 Å². The summed E-state index contributed by atoms with van der Waals surface area (Å²) in [5, 5.41) is 0. The number of hydrogen-bond acceptors (Lipinski definition) is 1. The van der Waals surface area contributed by atoms with Gasteiger partial charge in [0.1, 0.15) is 0 Å². The Balaban J connectivity index is 1.36. The molecule has 0 amide bonds. The summed E-state index contributed by atoms with van der Waals surface area (Å²) in [6.07, 6.45) is 0. The van der Waals surface area contributed by atoms with E-state index < -0.39 is 0 Å². The molecule has 3 aliphatic carbocycles. The molecule has 0 spiro atoms. The third kappa shape index (κ3) is 4.53. The first-order valence-corrected chi connectivity index (χ1v) is 20.4. The lowest BCUT2D eigenvalue weighted by molar-refractivity contribution is 0.299. The Morgan fingerprint density at radius 3 is 1.05 bits per heavy atom. The third-order valence-corrected chi connectivity index (χ3v) is 16.2. The van der Waals surface area contributed by atoms with Crippen LogP contribution in [-0.2, 0) is 32.5 Å². The van der Waals surface area contributed by atoms with Gasteiger partial charge in [-0.1, -0.05) is 180 Å². The fraction of sp³-hybridized carbons (Fsp3) is 0.333. The highest BCUT2D eigenvalue weighted by Gasteiger charge is 2.49. The van der Waals surface area contributed by atoms with Crippen LogP contribution in [0.2, 0.25) is 0 Å². The minimum absolute atomic E-state index is 0.0230. The Hall–Kier alpha value is -4.88. The van der Waals surface area contributed by atoms with Crippen molar-refractivity contribution in [2.75, 3.05) is 4.90 Å². The van der Waals surface area contributed by atoms with Crippen molar-refractivity contribution < 1.29 is 0 Å². The van der Waals surface area contributed by atoms with E-state index in [4.69, 9.17) is 0 Å². The summed E-state index contributed by atoms with van der Waals surface area (Å²) < 4.78 is 0. The van der Waals surface area contributed by atoms with Gasteiger partial charge in [-0.25, -0.2) is 0 Å². The van der Waals surface area contributed by atoms with Crippen LogP contribution in [0.5, 0.6) is 0 Å². The molecule has 6 aromatic carbocycles. The molecular weight excluding hydrogens is 663 g/mol. The number of benzene rings is 6. The Labute approximate surface area is 330 Å². The van der Waals surface area contributed by atoms with Crippen LogP contribution in [0.3, 0.4) is 0 Å². The summed E-state index contributed by atoms with van der Waals surface area (Å²) in [6.45, 7) is 29.1. The van der Waals surface area contributed by atoms with Gasteiger partial charge in [0.2, 0.25) is 0 Å². The maximum atomic E-state index is 2.58. The van der Waals surface area contributed by atoms with Crippen LogP contribution in [0, 0.1) is 0 Å². The lowest BCUT2D eigenvalue weighted by atomic mass is 9.55. The highest BCUT2D eigenvalue weighted by molar-refractivity contribution is 5.95. The lowest BCUT2D eigenvalue weighted by Gasteiger charge is -2.50. The summed E-state index contributed by atoms with van der Waals surface area (Å²) in [7, 11) is 0. The molecule has 0 bridgehead atoms. The van der Waals surface area contributed by atoms with Gasteiger partial charge in [-0.3, -0.25) is 0 Å². The van der Waals surface area contributed by atoms with Gasteiger partial charge in [-0.15, -0.1) is 0 Å². The molecule has 1 heteroatoms. The van der Waals surface area contributed by atoms with Crippen molar-refractivity contribution in [2.45, 2.75) is 116 Å². The third-order valence-electron chi connectivity index (χ3n) is 16.2. The number of nitrogens with zero attached hydrogens (tertiary/aromatic N) is 1. The first-order chi connectivity index (χ1) is 25.8. The van der Waals surface area contributed by atoms with Gasteiger partial charge in [0, 0.05) is 16.9 Å². The Morgan fingerprint density at radius 2 is 0.618 bits per heavy atom. The predicted octanol–water partition coefficient (Wildman–Crippen LogP) is 14.9. The molecule has 1 nitrogen and oxygen atoms in total. The van der Waals surface area contributed by atoms with Crippen molar-refractivity contribution in [1.82, 2.24) is 0 Å². The van der Waals surface area contributed by atoms with Crippen LogP contribution in [0.15, 0.2) is 127 Å². The van der Waals surface area contributed by atoms with E-state index in [2.05, 4.69) is 215 Å². The van der Waals surface area contributed by atoms with E-state index in [0.717, 1.165) is 0 Å². The normalized spacial score (nSPS) is 19.4. The second kappa shape index (κ2) is 11.3. The van der Waals surface area contributed by atoms with Gasteiger partial charge in [-0.05, 0) is 124 Å². The topological polar surface area (TPSA) is 3.24 Å². The largest absolute Gasteiger partial charge is 0.310 e. The van der Waals surface area contributed by atoms with E-state index in [-0.39, 0.29) is 32.5 Å². The van der Waals surface area contributed by atoms with Crippen molar-refractivity contribution in [3.05, 3.63) is 161 Å². The number of rotatable bonds is 3. The number of anilines is 3. The molecule has 6 aromatic rings. The molecule has 0 saturated heterocycles. The molecule has 0 aliphatic heterocycles. The molecule has 9 rings (SSSR count). The molecule has 55 heavy (non-hydrogen) atoms. The van der Waals surface area contributed by atoms with Crippen LogP contribution < -0.4 is 4.90 Å². The second-order valence-corrected chi connectivity index (χ2v) is 19.9. The van der Waals surface area contributed by atoms with E-state index >= 15 is 0 Å². The molecule has 3 aliphatic rings.